The van der Waals surface area contributed by atoms with E-state index in [2.05, 4.69) is 0 Å². The van der Waals surface area contributed by atoms with Gasteiger partial charge in [-0.3, -0.25) is 4.79 Å². The zero-order chi connectivity index (χ0) is 17.9. The van der Waals surface area contributed by atoms with Crippen LogP contribution in [-0.4, -0.2) is 11.9 Å². The lowest BCUT2D eigenvalue weighted by Crippen LogP contribution is -2.10. The first kappa shape index (κ1) is 16.5. The van der Waals surface area contributed by atoms with E-state index in [9.17, 15) is 9.18 Å². The Morgan fingerprint density at radius 2 is 1.62 bits per heavy atom. The van der Waals surface area contributed by atoms with E-state index in [-0.39, 0.29) is 17.7 Å². The normalized spacial score (nSPS) is 18.3. The lowest BCUT2D eigenvalue weighted by atomic mass is 10.0. The Labute approximate surface area is 151 Å². The summed E-state index contributed by atoms with van der Waals surface area (Å²) in [5.74, 6) is 0.106. The molecule has 4 rings (SSSR count). The van der Waals surface area contributed by atoms with Gasteiger partial charge >= 0.3 is 0 Å². The molecule has 3 nitrogen and oxygen atoms in total. The van der Waals surface area contributed by atoms with Crippen LogP contribution in [0.1, 0.15) is 27.6 Å². The highest BCUT2D eigenvalue weighted by Crippen LogP contribution is 2.41. The Kier molecular flexibility index (Phi) is 4.50. The summed E-state index contributed by atoms with van der Waals surface area (Å²) >= 11 is 0. The van der Waals surface area contributed by atoms with Crippen molar-refractivity contribution in [3.8, 4) is 5.75 Å². The summed E-state index contributed by atoms with van der Waals surface area (Å²) < 4.78 is 24.4. The molecule has 3 aromatic rings. The average Bonchev–Trinajstić information content (AvgIpc) is 3.48. The molecule has 0 radical (unpaired) electrons. The summed E-state index contributed by atoms with van der Waals surface area (Å²) in [5, 5.41) is 0. The van der Waals surface area contributed by atoms with Crippen molar-refractivity contribution < 1.29 is 18.7 Å². The first-order valence-corrected chi connectivity index (χ1v) is 8.43. The molecule has 4 heteroatoms. The molecule has 130 valence electrons. The van der Waals surface area contributed by atoms with E-state index >= 15 is 0 Å². The molecule has 2 atom stereocenters. The molecule has 0 unspecified atom stereocenters. The van der Waals surface area contributed by atoms with Gasteiger partial charge in [0.2, 0.25) is 0 Å². The molecule has 1 heterocycles. The molecular weight excluding hydrogens is 331 g/mol. The van der Waals surface area contributed by atoms with Gasteiger partial charge in [0.05, 0.1) is 5.56 Å². The van der Waals surface area contributed by atoms with Crippen LogP contribution in [0, 0.1) is 5.82 Å². The third-order valence-corrected chi connectivity index (χ3v) is 4.34. The van der Waals surface area contributed by atoms with Crippen LogP contribution in [0.15, 0.2) is 78.9 Å². The Morgan fingerprint density at radius 3 is 2.38 bits per heavy atom. The summed E-state index contributed by atoms with van der Waals surface area (Å²) in [6.07, 6.45) is -0.882. The van der Waals surface area contributed by atoms with Crippen LogP contribution < -0.4 is 4.74 Å². The molecule has 0 saturated carbocycles. The highest BCUT2D eigenvalue weighted by molar-refractivity contribution is 6.03. The fourth-order valence-electron chi connectivity index (χ4n) is 2.90. The standard InChI is InChI=1S/C22H17FO3/c23-17-12-10-16(11-13-17)21-22(26-21)20(24)18-8-4-5-9-19(18)25-14-15-6-2-1-3-7-15/h1-13,21-22H,14H2/t21-,22+/m0/s1. The molecule has 0 spiro atoms. The molecule has 0 aromatic heterocycles. The molecule has 1 saturated heterocycles. The van der Waals surface area contributed by atoms with Gasteiger partial charge in [0.15, 0.2) is 11.9 Å². The molecule has 0 N–H and O–H groups in total. The number of epoxide rings is 1. The molecular formula is C22H17FO3. The average molecular weight is 348 g/mol. The highest BCUT2D eigenvalue weighted by atomic mass is 19.1. The van der Waals surface area contributed by atoms with Gasteiger partial charge in [0.25, 0.3) is 0 Å². The van der Waals surface area contributed by atoms with Crippen LogP contribution in [-0.2, 0) is 11.3 Å². The predicted molar refractivity (Wildman–Crippen MR) is 95.6 cm³/mol. The van der Waals surface area contributed by atoms with Crippen molar-refractivity contribution >= 4 is 5.78 Å². The van der Waals surface area contributed by atoms with Crippen LogP contribution in [0.25, 0.3) is 0 Å². The maximum atomic E-state index is 13.0. The molecule has 0 bridgehead atoms. The van der Waals surface area contributed by atoms with Crippen molar-refractivity contribution in [1.82, 2.24) is 0 Å². The van der Waals surface area contributed by atoms with Crippen molar-refractivity contribution in [3.63, 3.8) is 0 Å². The molecule has 0 amide bonds. The second-order valence-electron chi connectivity index (χ2n) is 6.16. The first-order valence-electron chi connectivity index (χ1n) is 8.43. The number of ketones is 1. The van der Waals surface area contributed by atoms with Crippen LogP contribution in [0.2, 0.25) is 0 Å². The van der Waals surface area contributed by atoms with Gasteiger partial charge in [-0.15, -0.1) is 0 Å². The fourth-order valence-corrected chi connectivity index (χ4v) is 2.90. The number of benzene rings is 3. The molecule has 0 aliphatic carbocycles. The number of rotatable bonds is 6. The van der Waals surface area contributed by atoms with Crippen LogP contribution in [0.5, 0.6) is 5.75 Å². The summed E-state index contributed by atoms with van der Waals surface area (Å²) in [6, 6.07) is 23.0. The molecule has 1 aliphatic heterocycles. The number of halogens is 1. The topological polar surface area (TPSA) is 38.8 Å². The van der Waals surface area contributed by atoms with E-state index in [1.807, 2.05) is 36.4 Å². The maximum absolute atomic E-state index is 13.0. The third-order valence-electron chi connectivity index (χ3n) is 4.34. The summed E-state index contributed by atoms with van der Waals surface area (Å²) in [5.41, 5.74) is 2.33. The minimum absolute atomic E-state index is 0.122. The Balaban J connectivity index is 1.48. The van der Waals surface area contributed by atoms with Crippen molar-refractivity contribution in [3.05, 3.63) is 101 Å². The summed E-state index contributed by atoms with van der Waals surface area (Å²) in [7, 11) is 0. The van der Waals surface area contributed by atoms with E-state index in [1.165, 1.54) is 12.1 Å². The van der Waals surface area contributed by atoms with Gasteiger partial charge < -0.3 is 9.47 Å². The lowest BCUT2D eigenvalue weighted by Gasteiger charge is -2.10. The molecule has 1 aliphatic rings. The number of Topliss-reactive ketones (excluding diaryl/α,β-unsaturated/α-hetero) is 1. The molecule has 26 heavy (non-hydrogen) atoms. The molecule has 3 aromatic carbocycles. The summed E-state index contributed by atoms with van der Waals surface area (Å²) in [4.78, 5) is 12.8. The predicted octanol–water partition coefficient (Wildman–Crippen LogP) is 4.73. The smallest absolute Gasteiger partial charge is 0.198 e. The Bertz CT molecular complexity index is 906. The van der Waals surface area contributed by atoms with Crippen molar-refractivity contribution in [2.24, 2.45) is 0 Å². The van der Waals surface area contributed by atoms with E-state index in [0.29, 0.717) is 17.9 Å². The monoisotopic (exact) mass is 348 g/mol. The second kappa shape index (κ2) is 7.10. The Hall–Kier alpha value is -2.98. The maximum Gasteiger partial charge on any atom is 0.198 e. The van der Waals surface area contributed by atoms with Gasteiger partial charge in [-0.1, -0.05) is 54.6 Å². The van der Waals surface area contributed by atoms with Gasteiger partial charge in [-0.2, -0.15) is 0 Å². The van der Waals surface area contributed by atoms with Gasteiger partial charge in [-0.25, -0.2) is 4.39 Å². The zero-order valence-corrected chi connectivity index (χ0v) is 14.0. The highest BCUT2D eigenvalue weighted by Gasteiger charge is 2.46. The number of hydrogen-bond donors (Lipinski definition) is 0. The zero-order valence-electron chi connectivity index (χ0n) is 14.0. The molecule has 1 fully saturated rings. The quantitative estimate of drug-likeness (QED) is 0.478. The largest absolute Gasteiger partial charge is 0.488 e. The minimum Gasteiger partial charge on any atom is -0.488 e. The van der Waals surface area contributed by atoms with E-state index in [4.69, 9.17) is 9.47 Å². The van der Waals surface area contributed by atoms with Crippen molar-refractivity contribution in [2.75, 3.05) is 0 Å². The van der Waals surface area contributed by atoms with Crippen LogP contribution >= 0.6 is 0 Å². The lowest BCUT2D eigenvalue weighted by molar-refractivity contribution is 0.0949. The second-order valence-corrected chi connectivity index (χ2v) is 6.16. The SMILES string of the molecule is O=C(c1ccccc1OCc1ccccc1)[C@H]1O[C@H]1c1ccc(F)cc1. The van der Waals surface area contributed by atoms with Crippen LogP contribution in [0.3, 0.4) is 0 Å². The minimum atomic E-state index is -0.554. The van der Waals surface area contributed by atoms with Crippen molar-refractivity contribution in [2.45, 2.75) is 18.8 Å². The van der Waals surface area contributed by atoms with E-state index < -0.39 is 6.10 Å². The summed E-state index contributed by atoms with van der Waals surface area (Å²) in [6.45, 7) is 0.387. The van der Waals surface area contributed by atoms with E-state index in [0.717, 1.165) is 11.1 Å². The number of para-hydroxylation sites is 1. The number of ether oxygens (including phenoxy) is 2. The van der Waals surface area contributed by atoms with Crippen molar-refractivity contribution in [1.29, 1.82) is 0 Å². The Morgan fingerprint density at radius 1 is 0.923 bits per heavy atom. The third kappa shape index (κ3) is 3.51. The van der Waals surface area contributed by atoms with Gasteiger partial charge in [-0.05, 0) is 35.4 Å². The van der Waals surface area contributed by atoms with E-state index in [1.54, 1.807) is 30.3 Å². The first-order chi connectivity index (χ1) is 12.7. The number of carbonyl (C=O) groups is 1. The fraction of sp³-hybridized carbons (Fsp3) is 0.136. The number of carbonyl (C=O) groups excluding carboxylic acids is 1. The van der Waals surface area contributed by atoms with Crippen LogP contribution in [0.4, 0.5) is 4.39 Å². The number of hydrogen-bond acceptors (Lipinski definition) is 3. The van der Waals surface area contributed by atoms with Gasteiger partial charge in [0.1, 0.15) is 24.3 Å². The van der Waals surface area contributed by atoms with Gasteiger partial charge in [0, 0.05) is 0 Å².